The molecule has 140 valence electrons. The molecule has 2 aromatic carbocycles. The SMILES string of the molecule is C=CCn1c(=NC(=O)c2cc(=O)c3ccccc3o2)sc2ccc(Cl)c(Cl)c21. The van der Waals surface area contributed by atoms with E-state index >= 15 is 0 Å². The molecule has 0 bridgehead atoms. The van der Waals surface area contributed by atoms with Crippen LogP contribution in [0.4, 0.5) is 0 Å². The van der Waals surface area contributed by atoms with Gasteiger partial charge >= 0.3 is 5.91 Å². The van der Waals surface area contributed by atoms with Gasteiger partial charge < -0.3 is 8.98 Å². The summed E-state index contributed by atoms with van der Waals surface area (Å²) in [4.78, 5) is 29.5. The first-order valence-corrected chi connectivity index (χ1v) is 9.77. The van der Waals surface area contributed by atoms with Gasteiger partial charge in [0.1, 0.15) is 5.58 Å². The second-order valence-electron chi connectivity index (χ2n) is 5.88. The van der Waals surface area contributed by atoms with Crippen LogP contribution in [0.2, 0.25) is 10.0 Å². The first-order valence-electron chi connectivity index (χ1n) is 8.20. The van der Waals surface area contributed by atoms with Gasteiger partial charge in [-0.3, -0.25) is 9.59 Å². The van der Waals surface area contributed by atoms with Gasteiger partial charge in [0.05, 0.1) is 25.6 Å². The van der Waals surface area contributed by atoms with Gasteiger partial charge in [-0.1, -0.05) is 52.7 Å². The molecule has 5 nitrogen and oxygen atoms in total. The Balaban J connectivity index is 1.91. The molecule has 2 heterocycles. The number of halogens is 2. The maximum Gasteiger partial charge on any atom is 0.315 e. The largest absolute Gasteiger partial charge is 0.451 e. The predicted octanol–water partition coefficient (Wildman–Crippen LogP) is 5.04. The third-order valence-electron chi connectivity index (χ3n) is 4.09. The van der Waals surface area contributed by atoms with E-state index in [9.17, 15) is 9.59 Å². The van der Waals surface area contributed by atoms with Crippen LogP contribution in [0.25, 0.3) is 21.2 Å². The third-order valence-corrected chi connectivity index (χ3v) is 5.93. The maximum absolute atomic E-state index is 12.7. The van der Waals surface area contributed by atoms with E-state index in [1.165, 1.54) is 11.3 Å². The average molecular weight is 431 g/mol. The van der Waals surface area contributed by atoms with Crippen LogP contribution in [0.15, 0.2) is 69.3 Å². The Bertz CT molecular complexity index is 1380. The summed E-state index contributed by atoms with van der Waals surface area (Å²) in [5, 5.41) is 1.19. The molecule has 0 unspecified atom stereocenters. The van der Waals surface area contributed by atoms with Crippen molar-refractivity contribution in [3.63, 3.8) is 0 Å². The van der Waals surface area contributed by atoms with E-state index in [2.05, 4.69) is 11.6 Å². The fraction of sp³-hybridized carbons (Fsp3) is 0.0500. The van der Waals surface area contributed by atoms with Crippen LogP contribution in [0.1, 0.15) is 10.6 Å². The van der Waals surface area contributed by atoms with Gasteiger partial charge in [-0.05, 0) is 24.3 Å². The molecule has 0 aliphatic carbocycles. The summed E-state index contributed by atoms with van der Waals surface area (Å²) >= 11 is 13.8. The standard InChI is InChI=1S/C20H12Cl2N2O3S/c1-2-9-24-18-16(8-7-12(21)17(18)22)28-20(24)23-19(26)15-10-13(25)11-5-3-4-6-14(11)27-15/h2-8,10H,1,9H2. The van der Waals surface area contributed by atoms with Crippen LogP contribution in [0.5, 0.6) is 0 Å². The molecule has 0 spiro atoms. The second kappa shape index (κ2) is 7.39. The number of hydrogen-bond acceptors (Lipinski definition) is 4. The minimum absolute atomic E-state index is 0.129. The van der Waals surface area contributed by atoms with Crippen molar-refractivity contribution < 1.29 is 9.21 Å². The fourth-order valence-corrected chi connectivity index (χ4v) is 4.36. The molecule has 4 aromatic rings. The van der Waals surface area contributed by atoms with Gasteiger partial charge in [-0.25, -0.2) is 0 Å². The van der Waals surface area contributed by atoms with Crippen molar-refractivity contribution in [2.45, 2.75) is 6.54 Å². The van der Waals surface area contributed by atoms with E-state index in [-0.39, 0.29) is 11.2 Å². The molecular formula is C20H12Cl2N2O3S. The fourth-order valence-electron chi connectivity index (χ4n) is 2.84. The van der Waals surface area contributed by atoms with Crippen molar-refractivity contribution >= 4 is 61.6 Å². The Morgan fingerprint density at radius 3 is 2.82 bits per heavy atom. The highest BCUT2D eigenvalue weighted by atomic mass is 35.5. The lowest BCUT2D eigenvalue weighted by molar-refractivity contribution is 0.0972. The van der Waals surface area contributed by atoms with E-state index in [0.29, 0.717) is 37.9 Å². The molecule has 8 heteroatoms. The molecule has 28 heavy (non-hydrogen) atoms. The summed E-state index contributed by atoms with van der Waals surface area (Å²) in [5.74, 6) is -0.787. The number of carbonyl (C=O) groups excluding carboxylic acids is 1. The van der Waals surface area contributed by atoms with Crippen LogP contribution in [-0.2, 0) is 6.54 Å². The molecular weight excluding hydrogens is 419 g/mol. The van der Waals surface area contributed by atoms with Gasteiger partial charge in [-0.15, -0.1) is 6.58 Å². The molecule has 0 saturated heterocycles. The second-order valence-corrected chi connectivity index (χ2v) is 7.67. The number of carbonyl (C=O) groups is 1. The summed E-state index contributed by atoms with van der Waals surface area (Å²) in [6.07, 6.45) is 1.67. The first kappa shape index (κ1) is 18.7. The number of thiazole rings is 1. The summed E-state index contributed by atoms with van der Waals surface area (Å²) in [6.45, 7) is 4.12. The number of amides is 1. The van der Waals surface area contributed by atoms with Crippen LogP contribution in [0, 0.1) is 0 Å². The Labute approximate surface area is 172 Å². The number of nitrogens with zero attached hydrogens (tertiary/aromatic N) is 2. The van der Waals surface area contributed by atoms with Gasteiger partial charge in [-0.2, -0.15) is 4.99 Å². The Morgan fingerprint density at radius 2 is 2.04 bits per heavy atom. The number of benzene rings is 2. The van der Waals surface area contributed by atoms with E-state index in [1.807, 2.05) is 6.07 Å². The Kier molecular flexibility index (Phi) is 4.93. The Hall–Kier alpha value is -2.67. The minimum atomic E-state index is -0.658. The van der Waals surface area contributed by atoms with Gasteiger partial charge in [0, 0.05) is 12.6 Å². The van der Waals surface area contributed by atoms with E-state index < -0.39 is 5.91 Å². The van der Waals surface area contributed by atoms with Crippen LogP contribution < -0.4 is 10.2 Å². The lowest BCUT2D eigenvalue weighted by Crippen LogP contribution is -2.17. The van der Waals surface area contributed by atoms with Crippen molar-refractivity contribution in [2.24, 2.45) is 4.99 Å². The van der Waals surface area contributed by atoms with Gasteiger partial charge in [0.15, 0.2) is 16.0 Å². The predicted molar refractivity (Wildman–Crippen MR) is 112 cm³/mol. The number of rotatable bonds is 3. The van der Waals surface area contributed by atoms with Gasteiger partial charge in [0.2, 0.25) is 0 Å². The average Bonchev–Trinajstić information content (AvgIpc) is 3.03. The molecule has 1 amide bonds. The van der Waals surface area contributed by atoms with Crippen molar-refractivity contribution in [3.05, 3.63) is 85.9 Å². The lowest BCUT2D eigenvalue weighted by atomic mass is 10.2. The van der Waals surface area contributed by atoms with Crippen LogP contribution in [0.3, 0.4) is 0 Å². The molecule has 0 aliphatic rings. The minimum Gasteiger partial charge on any atom is -0.451 e. The summed E-state index contributed by atoms with van der Waals surface area (Å²) in [7, 11) is 0. The summed E-state index contributed by atoms with van der Waals surface area (Å²) in [5.41, 5.74) is 0.704. The molecule has 2 aromatic heterocycles. The summed E-state index contributed by atoms with van der Waals surface area (Å²) in [6, 6.07) is 11.4. The first-order chi connectivity index (χ1) is 13.5. The lowest BCUT2D eigenvalue weighted by Gasteiger charge is -2.04. The molecule has 0 aliphatic heterocycles. The molecule has 0 N–H and O–H groups in total. The zero-order valence-electron chi connectivity index (χ0n) is 14.3. The zero-order chi connectivity index (χ0) is 19.8. The normalized spacial score (nSPS) is 12.0. The number of para-hydroxylation sites is 1. The molecule has 0 fully saturated rings. The monoisotopic (exact) mass is 430 g/mol. The molecule has 0 radical (unpaired) electrons. The number of hydrogen-bond donors (Lipinski definition) is 0. The zero-order valence-corrected chi connectivity index (χ0v) is 16.6. The van der Waals surface area contributed by atoms with E-state index in [1.54, 1.807) is 41.0 Å². The highest BCUT2D eigenvalue weighted by Gasteiger charge is 2.15. The highest BCUT2D eigenvalue weighted by molar-refractivity contribution is 7.16. The number of allylic oxidation sites excluding steroid dienone is 1. The van der Waals surface area contributed by atoms with Crippen molar-refractivity contribution in [1.82, 2.24) is 4.57 Å². The van der Waals surface area contributed by atoms with E-state index in [4.69, 9.17) is 27.6 Å². The van der Waals surface area contributed by atoms with Crippen LogP contribution >= 0.6 is 34.5 Å². The molecule has 0 saturated carbocycles. The molecule has 0 atom stereocenters. The Morgan fingerprint density at radius 1 is 1.25 bits per heavy atom. The number of aromatic nitrogens is 1. The van der Waals surface area contributed by atoms with Gasteiger partial charge in [0.25, 0.3) is 0 Å². The van der Waals surface area contributed by atoms with Crippen molar-refractivity contribution in [3.8, 4) is 0 Å². The summed E-state index contributed by atoms with van der Waals surface area (Å²) < 4.78 is 8.15. The molecule has 4 rings (SSSR count). The highest BCUT2D eigenvalue weighted by Crippen LogP contribution is 2.32. The van der Waals surface area contributed by atoms with E-state index in [0.717, 1.165) is 10.8 Å². The smallest absolute Gasteiger partial charge is 0.315 e. The quantitative estimate of drug-likeness (QED) is 0.427. The topological polar surface area (TPSA) is 64.6 Å². The van der Waals surface area contributed by atoms with Crippen molar-refractivity contribution in [2.75, 3.05) is 0 Å². The number of fused-ring (bicyclic) bond motifs is 2. The van der Waals surface area contributed by atoms with Crippen molar-refractivity contribution in [1.29, 1.82) is 0 Å². The van der Waals surface area contributed by atoms with Crippen LogP contribution in [-0.4, -0.2) is 10.5 Å². The maximum atomic E-state index is 12.7. The third kappa shape index (κ3) is 3.20.